The monoisotopic (exact) mass is 346 g/mol. The molecule has 122 valence electrons. The minimum Gasteiger partial charge on any atom is -0.448 e. The van der Waals surface area contributed by atoms with Gasteiger partial charge in [0.05, 0.1) is 17.8 Å². The molecule has 0 bridgehead atoms. The van der Waals surface area contributed by atoms with E-state index in [4.69, 9.17) is 16.3 Å². The van der Waals surface area contributed by atoms with Crippen LogP contribution in [0.5, 0.6) is 0 Å². The highest BCUT2D eigenvalue weighted by Crippen LogP contribution is 2.20. The van der Waals surface area contributed by atoms with Crippen molar-refractivity contribution in [3.63, 3.8) is 0 Å². The molecule has 22 heavy (non-hydrogen) atoms. The van der Waals surface area contributed by atoms with Crippen LogP contribution in [0.3, 0.4) is 0 Å². The number of ether oxygens (including phenoxy) is 1. The molecule has 1 heterocycles. The molecule has 8 heteroatoms. The lowest BCUT2D eigenvalue weighted by molar-refractivity contribution is 0.127. The number of carbonyl (C=O) groups is 1. The van der Waals surface area contributed by atoms with Crippen molar-refractivity contribution in [2.75, 3.05) is 19.7 Å². The summed E-state index contributed by atoms with van der Waals surface area (Å²) in [6.07, 6.45) is -0.421. The summed E-state index contributed by atoms with van der Waals surface area (Å²) in [6, 6.07) is 6.80. The lowest BCUT2D eigenvalue weighted by atomic mass is 10.0. The number of nitrogens with zero attached hydrogens (tertiary/aromatic N) is 1. The van der Waals surface area contributed by atoms with E-state index in [1.807, 2.05) is 0 Å². The van der Waals surface area contributed by atoms with E-state index in [2.05, 4.69) is 4.72 Å². The number of nitrogens with one attached hydrogen (secondary N) is 1. The highest BCUT2D eigenvalue weighted by atomic mass is 35.5. The van der Waals surface area contributed by atoms with Crippen LogP contribution in [0.1, 0.15) is 19.4 Å². The van der Waals surface area contributed by atoms with E-state index in [0.29, 0.717) is 23.7 Å². The molecule has 0 spiro atoms. The molecular weight excluding hydrogens is 328 g/mol. The quantitative estimate of drug-likeness (QED) is 0.854. The molecule has 1 amide bonds. The number of hydrogen-bond donors (Lipinski definition) is 1. The fourth-order valence-corrected chi connectivity index (χ4v) is 3.81. The van der Waals surface area contributed by atoms with Crippen LogP contribution in [-0.2, 0) is 20.5 Å². The van der Waals surface area contributed by atoms with Crippen LogP contribution in [-0.4, -0.2) is 44.6 Å². The van der Waals surface area contributed by atoms with Gasteiger partial charge in [0.25, 0.3) is 0 Å². The maximum Gasteiger partial charge on any atom is 0.410 e. The third-order valence-electron chi connectivity index (χ3n) is 3.52. The van der Waals surface area contributed by atoms with Crippen LogP contribution in [0.4, 0.5) is 4.79 Å². The van der Waals surface area contributed by atoms with Crippen LogP contribution in [0.15, 0.2) is 24.3 Å². The van der Waals surface area contributed by atoms with Crippen LogP contribution < -0.4 is 4.72 Å². The van der Waals surface area contributed by atoms with Crippen LogP contribution in [0.2, 0.25) is 5.02 Å². The summed E-state index contributed by atoms with van der Waals surface area (Å²) >= 11 is 5.98. The van der Waals surface area contributed by atoms with Gasteiger partial charge in [-0.3, -0.25) is 4.90 Å². The van der Waals surface area contributed by atoms with Crippen LogP contribution in [0.25, 0.3) is 0 Å². The maximum atomic E-state index is 12.2. The molecule has 0 unspecified atom stereocenters. The topological polar surface area (TPSA) is 75.7 Å². The van der Waals surface area contributed by atoms with E-state index in [1.54, 1.807) is 38.1 Å². The smallest absolute Gasteiger partial charge is 0.410 e. The van der Waals surface area contributed by atoms with Crippen molar-refractivity contribution in [3.8, 4) is 0 Å². The number of carbonyl (C=O) groups excluding carboxylic acids is 1. The first kappa shape index (κ1) is 17.1. The van der Waals surface area contributed by atoms with Gasteiger partial charge >= 0.3 is 6.09 Å². The Morgan fingerprint density at radius 2 is 2.05 bits per heavy atom. The summed E-state index contributed by atoms with van der Waals surface area (Å²) in [4.78, 5) is 13.1. The number of benzene rings is 1. The van der Waals surface area contributed by atoms with Gasteiger partial charge in [0, 0.05) is 11.6 Å². The molecule has 0 atom stereocenters. The van der Waals surface area contributed by atoms with Crippen molar-refractivity contribution in [2.24, 2.45) is 0 Å². The molecular formula is C14H19ClN2O4S. The van der Waals surface area contributed by atoms with Crippen molar-refractivity contribution in [1.29, 1.82) is 0 Å². The fourth-order valence-electron chi connectivity index (χ4n) is 2.20. The van der Waals surface area contributed by atoms with Gasteiger partial charge in [0.1, 0.15) is 6.61 Å². The SMILES string of the molecule is CC(C)(CNS(=O)(=O)Cc1ccccc1Cl)N1CCOC1=O. The van der Waals surface area contributed by atoms with Crippen molar-refractivity contribution in [2.45, 2.75) is 25.1 Å². The average Bonchev–Trinajstić information content (AvgIpc) is 2.87. The zero-order valence-corrected chi connectivity index (χ0v) is 14.1. The lowest BCUT2D eigenvalue weighted by Crippen LogP contribution is -2.52. The molecule has 0 aromatic heterocycles. The van der Waals surface area contributed by atoms with Crippen molar-refractivity contribution in [1.82, 2.24) is 9.62 Å². The summed E-state index contributed by atoms with van der Waals surface area (Å²) in [5, 5.41) is 0.412. The maximum absolute atomic E-state index is 12.2. The van der Waals surface area contributed by atoms with E-state index in [-0.39, 0.29) is 12.3 Å². The molecule has 0 saturated carbocycles. The predicted octanol–water partition coefficient (Wildman–Crippen LogP) is 1.99. The Morgan fingerprint density at radius 1 is 1.36 bits per heavy atom. The number of hydrogen-bond acceptors (Lipinski definition) is 4. The summed E-state index contributed by atoms with van der Waals surface area (Å²) in [6.45, 7) is 4.47. The number of rotatable bonds is 6. The number of amides is 1. The van der Waals surface area contributed by atoms with Crippen LogP contribution >= 0.6 is 11.6 Å². The van der Waals surface area contributed by atoms with E-state index < -0.39 is 21.7 Å². The minimum absolute atomic E-state index is 0.106. The average molecular weight is 347 g/mol. The van der Waals surface area contributed by atoms with Gasteiger partial charge < -0.3 is 4.74 Å². The second-order valence-electron chi connectivity index (χ2n) is 5.75. The first-order chi connectivity index (χ1) is 10.2. The Morgan fingerprint density at radius 3 is 2.64 bits per heavy atom. The summed E-state index contributed by atoms with van der Waals surface area (Å²) in [5.41, 5.74) is -0.128. The van der Waals surface area contributed by atoms with Gasteiger partial charge in [-0.25, -0.2) is 17.9 Å². The third kappa shape index (κ3) is 4.12. The molecule has 1 aromatic rings. The number of sulfonamides is 1. The summed E-state index contributed by atoms with van der Waals surface area (Å²) < 4.78 is 31.8. The highest BCUT2D eigenvalue weighted by molar-refractivity contribution is 7.88. The van der Waals surface area contributed by atoms with Crippen molar-refractivity contribution < 1.29 is 17.9 Å². The second kappa shape index (κ2) is 6.44. The molecule has 1 aliphatic heterocycles. The molecule has 0 aliphatic carbocycles. The third-order valence-corrected chi connectivity index (χ3v) is 5.16. The molecule has 2 rings (SSSR count). The van der Waals surface area contributed by atoms with Gasteiger partial charge in [0.15, 0.2) is 0 Å². The summed E-state index contributed by atoms with van der Waals surface area (Å²) in [5.74, 6) is -0.201. The zero-order chi connectivity index (χ0) is 16.4. The van der Waals surface area contributed by atoms with Crippen molar-refractivity contribution in [3.05, 3.63) is 34.9 Å². The van der Waals surface area contributed by atoms with Gasteiger partial charge in [-0.15, -0.1) is 0 Å². The Balaban J connectivity index is 2.00. The molecule has 1 N–H and O–H groups in total. The van der Waals surface area contributed by atoms with Gasteiger partial charge in [-0.1, -0.05) is 29.8 Å². The predicted molar refractivity (Wildman–Crippen MR) is 84.2 cm³/mol. The molecule has 1 fully saturated rings. The Labute approximate surface area is 135 Å². The fraction of sp³-hybridized carbons (Fsp3) is 0.500. The van der Waals surface area contributed by atoms with Crippen molar-refractivity contribution >= 4 is 27.7 Å². The Kier molecular flexibility index (Phi) is 4.99. The standard InChI is InChI=1S/C14H19ClN2O4S/c1-14(2,17-7-8-21-13(17)18)10-16-22(19,20)9-11-5-3-4-6-12(11)15/h3-6,16H,7-10H2,1-2H3. The normalized spacial score (nSPS) is 16.0. The molecule has 1 aliphatic rings. The first-order valence-electron chi connectivity index (χ1n) is 6.86. The zero-order valence-electron chi connectivity index (χ0n) is 12.5. The number of halogens is 1. The lowest BCUT2D eigenvalue weighted by Gasteiger charge is -2.33. The largest absolute Gasteiger partial charge is 0.448 e. The second-order valence-corrected chi connectivity index (χ2v) is 7.96. The van der Waals surface area contributed by atoms with Gasteiger partial charge in [-0.2, -0.15) is 0 Å². The van der Waals surface area contributed by atoms with Crippen LogP contribution in [0, 0.1) is 0 Å². The minimum atomic E-state index is -3.55. The number of cyclic esters (lactones) is 1. The van der Waals surface area contributed by atoms with Gasteiger partial charge in [-0.05, 0) is 25.5 Å². The molecule has 1 saturated heterocycles. The van der Waals surface area contributed by atoms with E-state index in [1.165, 1.54) is 4.90 Å². The highest BCUT2D eigenvalue weighted by Gasteiger charge is 2.36. The first-order valence-corrected chi connectivity index (χ1v) is 8.89. The Hall–Kier alpha value is -1.31. The van der Waals surface area contributed by atoms with E-state index >= 15 is 0 Å². The summed E-state index contributed by atoms with van der Waals surface area (Å²) in [7, 11) is -3.55. The molecule has 1 aromatic carbocycles. The van der Waals surface area contributed by atoms with E-state index in [0.717, 1.165) is 0 Å². The Bertz CT molecular complexity index is 661. The van der Waals surface area contributed by atoms with E-state index in [9.17, 15) is 13.2 Å². The molecule has 6 nitrogen and oxygen atoms in total. The molecule has 0 radical (unpaired) electrons. The van der Waals surface area contributed by atoms with Gasteiger partial charge in [0.2, 0.25) is 10.0 Å².